The molecule has 0 radical (unpaired) electrons. The minimum atomic E-state index is -0.387. The molecule has 0 unspecified atom stereocenters. The number of methoxy groups -OCH3 is 1. The highest BCUT2D eigenvalue weighted by molar-refractivity contribution is 5.86. The highest BCUT2D eigenvalue weighted by Crippen LogP contribution is 2.56. The van der Waals surface area contributed by atoms with E-state index in [1.165, 1.54) is 33.4 Å². The Labute approximate surface area is 190 Å². The quantitative estimate of drug-likeness (QED) is 0.258. The van der Waals surface area contributed by atoms with Crippen LogP contribution < -0.4 is 9.47 Å². The van der Waals surface area contributed by atoms with Crippen LogP contribution in [0.5, 0.6) is 11.5 Å². The second-order valence-corrected chi connectivity index (χ2v) is 8.30. The van der Waals surface area contributed by atoms with Gasteiger partial charge in [-0.25, -0.2) is 0 Å². The number of hydrogen-bond acceptors (Lipinski definition) is 2. The molecule has 0 amide bonds. The average molecular weight is 421 g/mol. The zero-order valence-electron chi connectivity index (χ0n) is 18.7. The van der Waals surface area contributed by atoms with E-state index >= 15 is 0 Å². The Hall–Kier alpha value is -3.52. The first kappa shape index (κ1) is 20.4. The highest BCUT2D eigenvalue weighted by Gasteiger charge is 2.45. The number of unbranched alkanes of at least 4 members (excludes halogenated alkanes) is 1. The van der Waals surface area contributed by atoms with Gasteiger partial charge in [-0.1, -0.05) is 86.1 Å². The van der Waals surface area contributed by atoms with E-state index in [0.717, 1.165) is 30.9 Å². The number of ether oxygens (including phenoxy) is 2. The van der Waals surface area contributed by atoms with E-state index in [4.69, 9.17) is 9.47 Å². The fourth-order valence-corrected chi connectivity index (χ4v) is 5.00. The van der Waals surface area contributed by atoms with Crippen LogP contribution in [0.3, 0.4) is 0 Å². The Morgan fingerprint density at radius 2 is 1.12 bits per heavy atom. The first-order valence-electron chi connectivity index (χ1n) is 11.4. The average Bonchev–Trinajstić information content (AvgIpc) is 3.16. The lowest BCUT2D eigenvalue weighted by atomic mass is 9.68. The Kier molecular flexibility index (Phi) is 5.45. The van der Waals surface area contributed by atoms with Crippen LogP contribution in [0.15, 0.2) is 97.1 Å². The molecule has 0 aliphatic heterocycles. The van der Waals surface area contributed by atoms with Crippen molar-refractivity contribution in [2.75, 3.05) is 13.7 Å². The first-order valence-corrected chi connectivity index (χ1v) is 11.4. The molecule has 4 aromatic carbocycles. The van der Waals surface area contributed by atoms with E-state index in [1.54, 1.807) is 7.11 Å². The summed E-state index contributed by atoms with van der Waals surface area (Å²) in [6.07, 6.45) is 2.20. The van der Waals surface area contributed by atoms with Crippen LogP contribution in [0, 0.1) is 0 Å². The van der Waals surface area contributed by atoms with Crippen molar-refractivity contribution >= 4 is 0 Å². The van der Waals surface area contributed by atoms with Crippen molar-refractivity contribution in [1.29, 1.82) is 0 Å². The summed E-state index contributed by atoms with van der Waals surface area (Å²) < 4.78 is 11.4. The van der Waals surface area contributed by atoms with Crippen LogP contribution in [0.1, 0.15) is 42.0 Å². The molecule has 0 atom stereocenters. The van der Waals surface area contributed by atoms with Crippen LogP contribution >= 0.6 is 0 Å². The van der Waals surface area contributed by atoms with Gasteiger partial charge in [0.15, 0.2) is 0 Å². The monoisotopic (exact) mass is 420 g/mol. The van der Waals surface area contributed by atoms with Crippen LogP contribution in [0.4, 0.5) is 0 Å². The smallest absolute Gasteiger partial charge is 0.119 e. The van der Waals surface area contributed by atoms with Gasteiger partial charge < -0.3 is 9.47 Å². The van der Waals surface area contributed by atoms with Crippen molar-refractivity contribution in [2.45, 2.75) is 25.2 Å². The normalized spacial score (nSPS) is 13.3. The predicted octanol–water partition coefficient (Wildman–Crippen LogP) is 7.24. The number of benzene rings is 4. The van der Waals surface area contributed by atoms with E-state index < -0.39 is 0 Å². The van der Waals surface area contributed by atoms with E-state index in [1.807, 2.05) is 0 Å². The third kappa shape index (κ3) is 3.18. The summed E-state index contributed by atoms with van der Waals surface area (Å²) in [5.74, 6) is 1.79. The fraction of sp³-hybridized carbons (Fsp3) is 0.200. The largest absolute Gasteiger partial charge is 0.497 e. The van der Waals surface area contributed by atoms with Gasteiger partial charge in [-0.2, -0.15) is 0 Å². The van der Waals surface area contributed by atoms with Gasteiger partial charge in [0.05, 0.1) is 19.1 Å². The zero-order chi connectivity index (χ0) is 22.0. The van der Waals surface area contributed by atoms with Gasteiger partial charge in [-0.05, 0) is 64.1 Å². The van der Waals surface area contributed by atoms with E-state index in [-0.39, 0.29) is 5.41 Å². The molecule has 5 rings (SSSR count). The lowest BCUT2D eigenvalue weighted by Gasteiger charge is -2.34. The van der Waals surface area contributed by atoms with Crippen LogP contribution in [0.25, 0.3) is 11.1 Å². The lowest BCUT2D eigenvalue weighted by molar-refractivity contribution is 0.309. The molecule has 160 valence electrons. The maximum Gasteiger partial charge on any atom is 0.119 e. The zero-order valence-corrected chi connectivity index (χ0v) is 18.7. The molecule has 0 N–H and O–H groups in total. The molecule has 0 saturated carbocycles. The summed E-state index contributed by atoms with van der Waals surface area (Å²) in [5, 5.41) is 0. The summed E-state index contributed by atoms with van der Waals surface area (Å²) in [6.45, 7) is 2.94. The maximum absolute atomic E-state index is 5.96. The number of rotatable bonds is 7. The van der Waals surface area contributed by atoms with Crippen LogP contribution in [0.2, 0.25) is 0 Å². The topological polar surface area (TPSA) is 18.5 Å². The summed E-state index contributed by atoms with van der Waals surface area (Å²) in [5.41, 5.74) is 7.29. The molecule has 0 heterocycles. The van der Waals surface area contributed by atoms with E-state index in [9.17, 15) is 0 Å². The molecule has 2 heteroatoms. The summed E-state index contributed by atoms with van der Waals surface area (Å²) in [7, 11) is 1.71. The number of fused-ring (bicyclic) bond motifs is 3. The van der Waals surface area contributed by atoms with E-state index in [0.29, 0.717) is 0 Å². The van der Waals surface area contributed by atoms with Gasteiger partial charge >= 0.3 is 0 Å². The second kappa shape index (κ2) is 8.55. The number of hydrogen-bond donors (Lipinski definition) is 0. The molecule has 0 spiro atoms. The lowest BCUT2D eigenvalue weighted by Crippen LogP contribution is -2.28. The predicted molar refractivity (Wildman–Crippen MR) is 131 cm³/mol. The molecule has 32 heavy (non-hydrogen) atoms. The Morgan fingerprint density at radius 1 is 0.625 bits per heavy atom. The van der Waals surface area contributed by atoms with Gasteiger partial charge in [0.1, 0.15) is 11.5 Å². The summed E-state index contributed by atoms with van der Waals surface area (Å²) in [6, 6.07) is 34.7. The van der Waals surface area contributed by atoms with Crippen LogP contribution in [-0.2, 0) is 5.41 Å². The Bertz CT molecular complexity index is 1160. The molecule has 0 fully saturated rings. The van der Waals surface area contributed by atoms with Crippen molar-refractivity contribution in [3.8, 4) is 22.6 Å². The molecular weight excluding hydrogens is 392 g/mol. The molecule has 0 bridgehead atoms. The molecule has 1 aliphatic rings. The van der Waals surface area contributed by atoms with Crippen LogP contribution in [-0.4, -0.2) is 13.7 Å². The summed E-state index contributed by atoms with van der Waals surface area (Å²) >= 11 is 0. The highest BCUT2D eigenvalue weighted by atomic mass is 16.5. The third-order valence-electron chi connectivity index (χ3n) is 6.53. The van der Waals surface area contributed by atoms with Crippen molar-refractivity contribution in [3.05, 3.63) is 119 Å². The van der Waals surface area contributed by atoms with Crippen molar-refractivity contribution < 1.29 is 9.47 Å². The minimum absolute atomic E-state index is 0.387. The molecule has 0 saturated heterocycles. The van der Waals surface area contributed by atoms with Gasteiger partial charge in [0.25, 0.3) is 0 Å². The van der Waals surface area contributed by atoms with Gasteiger partial charge in [-0.15, -0.1) is 0 Å². The fourth-order valence-electron chi connectivity index (χ4n) is 5.00. The second-order valence-electron chi connectivity index (χ2n) is 8.30. The van der Waals surface area contributed by atoms with Gasteiger partial charge in [0, 0.05) is 0 Å². The van der Waals surface area contributed by atoms with Gasteiger partial charge in [-0.3, -0.25) is 0 Å². The SMILES string of the molecule is CCCCOc1ccc(C2(c3ccc(OC)cc3)c3ccccc3-c3ccccc32)cc1. The van der Waals surface area contributed by atoms with Crippen molar-refractivity contribution in [3.63, 3.8) is 0 Å². The Morgan fingerprint density at radius 3 is 1.62 bits per heavy atom. The molecule has 0 aromatic heterocycles. The van der Waals surface area contributed by atoms with Gasteiger partial charge in [0.2, 0.25) is 0 Å². The standard InChI is InChI=1S/C30H28O2/c1-3-4-21-32-25-19-15-23(16-20-25)30(22-13-17-24(31-2)18-14-22)28-11-7-5-9-26(28)27-10-6-8-12-29(27)30/h5-20H,3-4,21H2,1-2H3. The summed E-state index contributed by atoms with van der Waals surface area (Å²) in [4.78, 5) is 0. The van der Waals surface area contributed by atoms with Crippen molar-refractivity contribution in [2.24, 2.45) is 0 Å². The first-order chi connectivity index (χ1) is 15.8. The van der Waals surface area contributed by atoms with Crippen molar-refractivity contribution in [1.82, 2.24) is 0 Å². The Balaban J connectivity index is 1.73. The maximum atomic E-state index is 5.96. The minimum Gasteiger partial charge on any atom is -0.497 e. The van der Waals surface area contributed by atoms with E-state index in [2.05, 4.69) is 104 Å². The third-order valence-corrected chi connectivity index (χ3v) is 6.53. The molecular formula is C30H28O2. The molecule has 1 aliphatic carbocycles. The molecule has 4 aromatic rings. The molecule has 2 nitrogen and oxygen atoms in total.